The van der Waals surface area contributed by atoms with Crippen LogP contribution >= 0.6 is 0 Å². The summed E-state index contributed by atoms with van der Waals surface area (Å²) in [4.78, 5) is 11.7. The summed E-state index contributed by atoms with van der Waals surface area (Å²) in [5.41, 5.74) is 0. The van der Waals surface area contributed by atoms with Crippen molar-refractivity contribution in [2.75, 3.05) is 19.8 Å². The summed E-state index contributed by atoms with van der Waals surface area (Å²) in [6.07, 6.45) is 4.88. The first-order valence-electron chi connectivity index (χ1n) is 6.07. The lowest BCUT2D eigenvalue weighted by Gasteiger charge is -2.17. The van der Waals surface area contributed by atoms with Gasteiger partial charge in [-0.3, -0.25) is 4.79 Å². The largest absolute Gasteiger partial charge is 0.396 e. The summed E-state index contributed by atoms with van der Waals surface area (Å²) in [5, 5.41) is 26.9. The molecule has 0 aromatic heterocycles. The first-order valence-corrected chi connectivity index (χ1v) is 6.07. The molecule has 16 heavy (non-hydrogen) atoms. The van der Waals surface area contributed by atoms with E-state index in [1.165, 1.54) is 0 Å². The van der Waals surface area contributed by atoms with E-state index in [1.54, 1.807) is 0 Å². The molecule has 0 rings (SSSR count). The summed E-state index contributed by atoms with van der Waals surface area (Å²) in [6.45, 7) is 1.23. The Morgan fingerprint density at radius 3 is 1.94 bits per heavy atom. The lowest BCUT2D eigenvalue weighted by molar-refractivity contribution is -0.130. The molecule has 0 radical (unpaired) electrons. The van der Waals surface area contributed by atoms with Crippen LogP contribution in [0.25, 0.3) is 0 Å². The van der Waals surface area contributed by atoms with Crippen LogP contribution in [0.3, 0.4) is 0 Å². The van der Waals surface area contributed by atoms with Crippen LogP contribution in [-0.4, -0.2) is 40.9 Å². The minimum Gasteiger partial charge on any atom is -0.396 e. The van der Waals surface area contributed by atoms with Gasteiger partial charge in [0, 0.05) is 5.92 Å². The highest BCUT2D eigenvalue weighted by molar-refractivity contribution is 5.83. The summed E-state index contributed by atoms with van der Waals surface area (Å²) in [5.74, 6) is -1.38. The molecule has 0 spiro atoms. The van der Waals surface area contributed by atoms with Gasteiger partial charge in [-0.1, -0.05) is 32.6 Å². The van der Waals surface area contributed by atoms with Crippen molar-refractivity contribution in [1.82, 2.24) is 0 Å². The van der Waals surface area contributed by atoms with Gasteiger partial charge < -0.3 is 15.3 Å². The number of aliphatic hydroxyl groups is 3. The molecule has 3 N–H and O–H groups in total. The minimum absolute atomic E-state index is 0.193. The zero-order chi connectivity index (χ0) is 12.4. The van der Waals surface area contributed by atoms with Crippen molar-refractivity contribution < 1.29 is 20.1 Å². The maximum Gasteiger partial charge on any atom is 0.145 e. The molecule has 0 heterocycles. The van der Waals surface area contributed by atoms with Crippen LogP contribution in [0.5, 0.6) is 0 Å². The second-order valence-corrected chi connectivity index (χ2v) is 4.19. The first kappa shape index (κ1) is 15.6. The number of aliphatic hydroxyl groups excluding tert-OH is 3. The molecule has 0 saturated heterocycles. The maximum atomic E-state index is 11.7. The number of hydrogen-bond acceptors (Lipinski definition) is 4. The van der Waals surface area contributed by atoms with Crippen molar-refractivity contribution in [2.24, 2.45) is 11.8 Å². The molecular weight excluding hydrogens is 208 g/mol. The zero-order valence-corrected chi connectivity index (χ0v) is 10.1. The van der Waals surface area contributed by atoms with Crippen LogP contribution in [0, 0.1) is 11.8 Å². The number of carbonyl (C=O) groups is 1. The van der Waals surface area contributed by atoms with Gasteiger partial charge in [-0.25, -0.2) is 0 Å². The number of hydrogen-bond donors (Lipinski definition) is 3. The average molecular weight is 232 g/mol. The van der Waals surface area contributed by atoms with E-state index in [-0.39, 0.29) is 25.6 Å². The molecule has 96 valence electrons. The fraction of sp³-hybridized carbons (Fsp3) is 0.917. The van der Waals surface area contributed by atoms with Crippen LogP contribution in [0.4, 0.5) is 0 Å². The fourth-order valence-corrected chi connectivity index (χ4v) is 1.71. The fourth-order valence-electron chi connectivity index (χ4n) is 1.71. The summed E-state index contributed by atoms with van der Waals surface area (Å²) < 4.78 is 0. The maximum absolute atomic E-state index is 11.7. The lowest BCUT2D eigenvalue weighted by atomic mass is 9.90. The third-order valence-corrected chi connectivity index (χ3v) is 2.87. The third kappa shape index (κ3) is 5.58. The summed E-state index contributed by atoms with van der Waals surface area (Å²) in [7, 11) is 0. The van der Waals surface area contributed by atoms with Gasteiger partial charge in [-0.2, -0.15) is 0 Å². The standard InChI is InChI=1S/C12H24O4/c1-2-3-4-5-6-10(7-13)12(16)11(8-14)9-15/h10-11,13-15H,2-9H2,1H3. The Bertz CT molecular complexity index is 178. The van der Waals surface area contributed by atoms with E-state index in [0.29, 0.717) is 6.42 Å². The Kier molecular flexibility index (Phi) is 9.48. The highest BCUT2D eigenvalue weighted by Crippen LogP contribution is 2.15. The van der Waals surface area contributed by atoms with Gasteiger partial charge in [0.25, 0.3) is 0 Å². The molecule has 4 heteroatoms. The van der Waals surface area contributed by atoms with Crippen molar-refractivity contribution in [3.8, 4) is 0 Å². The molecule has 0 aromatic carbocycles. The monoisotopic (exact) mass is 232 g/mol. The summed E-state index contributed by atoms with van der Waals surface area (Å²) in [6, 6.07) is 0. The average Bonchev–Trinajstić information content (AvgIpc) is 2.30. The molecule has 0 bridgehead atoms. The SMILES string of the molecule is CCCCCCC(CO)C(=O)C(CO)CO. The first-order chi connectivity index (χ1) is 7.71. The van der Waals surface area contributed by atoms with Crippen LogP contribution in [0.15, 0.2) is 0 Å². The molecule has 0 amide bonds. The second-order valence-electron chi connectivity index (χ2n) is 4.19. The van der Waals surface area contributed by atoms with Crippen LogP contribution in [0.1, 0.15) is 39.0 Å². The molecule has 0 aliphatic heterocycles. The Labute approximate surface area is 97.3 Å². The number of unbranched alkanes of at least 4 members (excludes halogenated alkanes) is 3. The van der Waals surface area contributed by atoms with Crippen molar-refractivity contribution in [1.29, 1.82) is 0 Å². The third-order valence-electron chi connectivity index (χ3n) is 2.87. The van der Waals surface area contributed by atoms with Crippen LogP contribution in [-0.2, 0) is 4.79 Å². The number of Topliss-reactive ketones (excluding diaryl/α,β-unsaturated/α-hetero) is 1. The topological polar surface area (TPSA) is 77.8 Å². The Morgan fingerprint density at radius 2 is 1.50 bits per heavy atom. The Hall–Kier alpha value is -0.450. The van der Waals surface area contributed by atoms with Crippen molar-refractivity contribution in [2.45, 2.75) is 39.0 Å². The minimum atomic E-state index is -0.733. The number of rotatable bonds is 10. The predicted molar refractivity (Wildman–Crippen MR) is 62.0 cm³/mol. The van der Waals surface area contributed by atoms with E-state index in [1.807, 2.05) is 0 Å². The van der Waals surface area contributed by atoms with Crippen molar-refractivity contribution in [3.05, 3.63) is 0 Å². The normalized spacial score (nSPS) is 13.1. The molecule has 1 atom stereocenters. The quantitative estimate of drug-likeness (QED) is 0.485. The molecular formula is C12H24O4. The molecule has 0 saturated carbocycles. The van der Waals surface area contributed by atoms with E-state index in [2.05, 4.69) is 6.92 Å². The van der Waals surface area contributed by atoms with Gasteiger partial charge in [0.15, 0.2) is 0 Å². The van der Waals surface area contributed by atoms with Crippen molar-refractivity contribution >= 4 is 5.78 Å². The van der Waals surface area contributed by atoms with E-state index < -0.39 is 11.8 Å². The highest BCUT2D eigenvalue weighted by atomic mass is 16.3. The summed E-state index contributed by atoms with van der Waals surface area (Å²) >= 11 is 0. The van der Waals surface area contributed by atoms with Gasteiger partial charge >= 0.3 is 0 Å². The predicted octanol–water partition coefficient (Wildman–Crippen LogP) is 0.735. The van der Waals surface area contributed by atoms with Crippen LogP contribution in [0.2, 0.25) is 0 Å². The number of ketones is 1. The van der Waals surface area contributed by atoms with Gasteiger partial charge in [0.2, 0.25) is 0 Å². The molecule has 0 aliphatic carbocycles. The molecule has 0 aliphatic rings. The van der Waals surface area contributed by atoms with Gasteiger partial charge in [0.05, 0.1) is 25.7 Å². The van der Waals surface area contributed by atoms with Gasteiger partial charge in [0.1, 0.15) is 5.78 Å². The van der Waals surface area contributed by atoms with E-state index in [4.69, 9.17) is 15.3 Å². The number of carbonyl (C=O) groups excluding carboxylic acids is 1. The highest BCUT2D eigenvalue weighted by Gasteiger charge is 2.24. The Morgan fingerprint density at radius 1 is 0.938 bits per heavy atom. The van der Waals surface area contributed by atoms with Crippen molar-refractivity contribution in [3.63, 3.8) is 0 Å². The van der Waals surface area contributed by atoms with E-state index in [0.717, 1.165) is 25.7 Å². The molecule has 0 aromatic rings. The van der Waals surface area contributed by atoms with E-state index >= 15 is 0 Å². The second kappa shape index (κ2) is 9.75. The van der Waals surface area contributed by atoms with Crippen LogP contribution < -0.4 is 0 Å². The zero-order valence-electron chi connectivity index (χ0n) is 10.1. The smallest absolute Gasteiger partial charge is 0.145 e. The molecule has 1 unspecified atom stereocenters. The Balaban J connectivity index is 4.00. The molecule has 4 nitrogen and oxygen atoms in total. The molecule has 0 fully saturated rings. The lowest BCUT2D eigenvalue weighted by Crippen LogP contribution is -2.31. The van der Waals surface area contributed by atoms with Gasteiger partial charge in [-0.15, -0.1) is 0 Å². The van der Waals surface area contributed by atoms with E-state index in [9.17, 15) is 4.79 Å². The van der Waals surface area contributed by atoms with Gasteiger partial charge in [-0.05, 0) is 6.42 Å².